The van der Waals surface area contributed by atoms with Crippen LogP contribution in [0.2, 0.25) is 0 Å². The Hall–Kier alpha value is -1.35. The van der Waals surface area contributed by atoms with Crippen LogP contribution in [0.25, 0.3) is 0 Å². The molecule has 22 heavy (non-hydrogen) atoms. The highest BCUT2D eigenvalue weighted by Gasteiger charge is 2.28. The van der Waals surface area contributed by atoms with E-state index in [1.54, 1.807) is 13.8 Å². The zero-order chi connectivity index (χ0) is 16.5. The van der Waals surface area contributed by atoms with Gasteiger partial charge in [-0.25, -0.2) is 22.5 Å². The first-order valence-corrected chi connectivity index (χ1v) is 8.84. The molecule has 0 amide bonds. The van der Waals surface area contributed by atoms with Gasteiger partial charge in [-0.1, -0.05) is 12.1 Å². The quantitative estimate of drug-likeness (QED) is 0.870. The Balaban J connectivity index is 2.17. The van der Waals surface area contributed by atoms with Crippen molar-refractivity contribution in [3.05, 3.63) is 46.3 Å². The Morgan fingerprint density at radius 2 is 1.91 bits per heavy atom. The molecule has 0 aliphatic rings. The number of rotatable bonds is 5. The topological polar surface area (TPSA) is 79.3 Å². The Bertz CT molecular complexity index is 768. The van der Waals surface area contributed by atoms with Crippen molar-refractivity contribution in [2.75, 3.05) is 6.54 Å². The predicted octanol–water partition coefficient (Wildman–Crippen LogP) is 2.09. The van der Waals surface area contributed by atoms with Crippen molar-refractivity contribution >= 4 is 21.4 Å². The molecule has 0 radical (unpaired) electrons. The lowest BCUT2D eigenvalue weighted by molar-refractivity contribution is 0.0627. The summed E-state index contributed by atoms with van der Waals surface area (Å²) >= 11 is 1.08. The third-order valence-corrected chi connectivity index (χ3v) is 6.26. The molecule has 1 aromatic carbocycles. The molecule has 1 unspecified atom stereocenters. The fourth-order valence-corrected chi connectivity index (χ4v) is 4.63. The van der Waals surface area contributed by atoms with Crippen LogP contribution in [0.4, 0.5) is 4.39 Å². The molecule has 120 valence electrons. The largest absolute Gasteiger partial charge is 0.384 e. The Morgan fingerprint density at radius 1 is 1.32 bits per heavy atom. The molecule has 2 aromatic rings. The summed E-state index contributed by atoms with van der Waals surface area (Å²) in [7, 11) is -3.75. The molecule has 0 fully saturated rings. The highest BCUT2D eigenvalue weighted by Crippen LogP contribution is 2.24. The second kappa shape index (κ2) is 6.04. The molecule has 1 atom stereocenters. The third-order valence-electron chi connectivity index (χ3n) is 3.18. The number of thiazole rings is 1. The van der Waals surface area contributed by atoms with Crippen molar-refractivity contribution in [2.45, 2.75) is 30.6 Å². The number of hydrogen-bond acceptors (Lipinski definition) is 5. The second-order valence-corrected chi connectivity index (χ2v) is 8.38. The lowest BCUT2D eigenvalue weighted by Gasteiger charge is -2.24. The van der Waals surface area contributed by atoms with E-state index in [0.717, 1.165) is 11.3 Å². The van der Waals surface area contributed by atoms with Crippen LogP contribution in [0, 0.1) is 19.7 Å². The minimum atomic E-state index is -3.75. The first kappa shape index (κ1) is 17.0. The molecule has 0 bridgehead atoms. The average molecular weight is 344 g/mol. The van der Waals surface area contributed by atoms with E-state index in [1.807, 2.05) is 0 Å². The maximum absolute atomic E-state index is 12.9. The minimum Gasteiger partial charge on any atom is -0.384 e. The Kier molecular flexibility index (Phi) is 4.67. The van der Waals surface area contributed by atoms with Crippen molar-refractivity contribution in [1.29, 1.82) is 0 Å². The van der Waals surface area contributed by atoms with Crippen LogP contribution >= 0.6 is 11.3 Å². The van der Waals surface area contributed by atoms with Gasteiger partial charge < -0.3 is 5.11 Å². The fraction of sp³-hybridized carbons (Fsp3) is 0.357. The van der Waals surface area contributed by atoms with Gasteiger partial charge in [-0.15, -0.1) is 11.3 Å². The summed E-state index contributed by atoms with van der Waals surface area (Å²) < 4.78 is 40.0. The molecular formula is C14H17FN2O3S2. The van der Waals surface area contributed by atoms with Crippen molar-refractivity contribution in [1.82, 2.24) is 9.71 Å². The molecule has 8 heteroatoms. The van der Waals surface area contributed by atoms with Gasteiger partial charge in [-0.2, -0.15) is 0 Å². The van der Waals surface area contributed by atoms with Crippen LogP contribution in [-0.4, -0.2) is 25.1 Å². The van der Waals surface area contributed by atoms with Gasteiger partial charge in [0.2, 0.25) is 0 Å². The van der Waals surface area contributed by atoms with Gasteiger partial charge in [0.25, 0.3) is 10.0 Å². The molecule has 5 nitrogen and oxygen atoms in total. The summed E-state index contributed by atoms with van der Waals surface area (Å²) in [6.07, 6.45) is 0. The van der Waals surface area contributed by atoms with Crippen LogP contribution in [0.1, 0.15) is 23.2 Å². The first-order chi connectivity index (χ1) is 10.1. The zero-order valence-corrected chi connectivity index (χ0v) is 14.1. The average Bonchev–Trinajstić information content (AvgIpc) is 2.77. The number of hydrogen-bond donors (Lipinski definition) is 2. The van der Waals surface area contributed by atoms with E-state index in [1.165, 1.54) is 31.2 Å². The van der Waals surface area contributed by atoms with Gasteiger partial charge in [0.1, 0.15) is 11.4 Å². The van der Waals surface area contributed by atoms with Gasteiger partial charge in [0, 0.05) is 6.54 Å². The summed E-state index contributed by atoms with van der Waals surface area (Å²) in [5.74, 6) is -0.420. The molecular weight excluding hydrogens is 327 g/mol. The molecule has 2 N–H and O–H groups in total. The number of sulfonamides is 1. The van der Waals surface area contributed by atoms with E-state index in [-0.39, 0.29) is 10.8 Å². The van der Waals surface area contributed by atoms with Crippen LogP contribution in [-0.2, 0) is 15.6 Å². The summed E-state index contributed by atoms with van der Waals surface area (Å²) in [6, 6.07) is 5.28. The smallest absolute Gasteiger partial charge is 0.252 e. The molecule has 0 saturated heterocycles. The Labute approximate surface area is 132 Å². The van der Waals surface area contributed by atoms with Crippen LogP contribution in [0.5, 0.6) is 0 Å². The second-order valence-electron chi connectivity index (χ2n) is 5.21. The highest BCUT2D eigenvalue weighted by molar-refractivity contribution is 7.91. The minimum absolute atomic E-state index is 0.139. The maximum Gasteiger partial charge on any atom is 0.252 e. The van der Waals surface area contributed by atoms with Gasteiger partial charge >= 0.3 is 0 Å². The first-order valence-electron chi connectivity index (χ1n) is 6.54. The van der Waals surface area contributed by atoms with E-state index in [0.29, 0.717) is 16.3 Å². The van der Waals surface area contributed by atoms with Gasteiger partial charge in [-0.3, -0.25) is 0 Å². The lowest BCUT2D eigenvalue weighted by Crippen LogP contribution is -2.38. The summed E-state index contributed by atoms with van der Waals surface area (Å²) in [5.41, 5.74) is -0.598. The van der Waals surface area contributed by atoms with E-state index < -0.39 is 21.4 Å². The van der Waals surface area contributed by atoms with E-state index in [2.05, 4.69) is 9.71 Å². The molecule has 0 aliphatic carbocycles. The van der Waals surface area contributed by atoms with Crippen LogP contribution < -0.4 is 4.72 Å². The number of aliphatic hydroxyl groups is 1. The molecule has 1 heterocycles. The van der Waals surface area contributed by atoms with E-state index in [9.17, 15) is 17.9 Å². The molecule has 1 aromatic heterocycles. The van der Waals surface area contributed by atoms with Crippen molar-refractivity contribution in [2.24, 2.45) is 0 Å². The third kappa shape index (κ3) is 3.70. The number of aryl methyl sites for hydroxylation is 2. The number of halogens is 1. The van der Waals surface area contributed by atoms with Crippen molar-refractivity contribution in [3.63, 3.8) is 0 Å². The van der Waals surface area contributed by atoms with E-state index >= 15 is 0 Å². The van der Waals surface area contributed by atoms with Gasteiger partial charge in [-0.05, 0) is 38.5 Å². The van der Waals surface area contributed by atoms with Crippen LogP contribution in [0.15, 0.2) is 28.5 Å². The predicted molar refractivity (Wildman–Crippen MR) is 82.7 cm³/mol. The molecule has 2 rings (SSSR count). The number of nitrogens with one attached hydrogen (secondary N) is 1. The van der Waals surface area contributed by atoms with Gasteiger partial charge in [0.15, 0.2) is 4.21 Å². The lowest BCUT2D eigenvalue weighted by atomic mass is 9.96. The molecule has 0 aliphatic heterocycles. The maximum atomic E-state index is 12.9. The fourth-order valence-electron chi connectivity index (χ4n) is 1.97. The standard InChI is InChI=1S/C14H17FN2O3S2/c1-9-13(21-10(2)17-9)22(19,20)16-8-14(3,18)11-4-6-12(15)7-5-11/h4-7,16,18H,8H2,1-3H3. The highest BCUT2D eigenvalue weighted by atomic mass is 32.2. The van der Waals surface area contributed by atoms with Gasteiger partial charge in [0.05, 0.1) is 10.7 Å². The van der Waals surface area contributed by atoms with Crippen molar-refractivity contribution < 1.29 is 17.9 Å². The number of aromatic nitrogens is 1. The molecule has 0 saturated carbocycles. The van der Waals surface area contributed by atoms with Crippen molar-refractivity contribution in [3.8, 4) is 0 Å². The monoisotopic (exact) mass is 344 g/mol. The Morgan fingerprint density at radius 3 is 2.41 bits per heavy atom. The number of nitrogens with zero attached hydrogens (tertiary/aromatic N) is 1. The van der Waals surface area contributed by atoms with E-state index in [4.69, 9.17) is 0 Å². The summed E-state index contributed by atoms with van der Waals surface area (Å²) in [4.78, 5) is 4.08. The van der Waals surface area contributed by atoms with Crippen LogP contribution in [0.3, 0.4) is 0 Å². The SMILES string of the molecule is Cc1nc(C)c(S(=O)(=O)NCC(C)(O)c2ccc(F)cc2)s1. The molecule has 0 spiro atoms. The summed E-state index contributed by atoms with van der Waals surface area (Å²) in [6.45, 7) is 4.59. The summed E-state index contributed by atoms with van der Waals surface area (Å²) in [5, 5.41) is 11.1. The number of benzene rings is 1. The zero-order valence-electron chi connectivity index (χ0n) is 12.4. The normalized spacial score (nSPS) is 14.8.